The number of rotatable bonds is 9. The summed E-state index contributed by atoms with van der Waals surface area (Å²) in [5.74, 6) is -0.522. The number of hydrogen-bond donors (Lipinski definition) is 0. The molecule has 4 rings (SSSR count). The van der Waals surface area contributed by atoms with Crippen LogP contribution in [0.3, 0.4) is 0 Å². The molecule has 11 heteroatoms. The molecule has 0 aliphatic heterocycles. The first-order chi connectivity index (χ1) is 17.7. The molecule has 1 aromatic heterocycles. The van der Waals surface area contributed by atoms with Crippen LogP contribution < -0.4 is 4.80 Å². The molecule has 0 radical (unpaired) electrons. The number of non-ortho nitro benzene ring substituents is 1. The van der Waals surface area contributed by atoms with Crippen LogP contribution in [0, 0.1) is 10.1 Å². The van der Waals surface area contributed by atoms with Gasteiger partial charge in [-0.1, -0.05) is 55.5 Å². The smallest absolute Gasteiger partial charge is 0.279 e. The second-order valence-electron chi connectivity index (χ2n) is 8.30. The van der Waals surface area contributed by atoms with Crippen LogP contribution in [0.4, 0.5) is 5.69 Å². The zero-order chi connectivity index (χ0) is 26.6. The van der Waals surface area contributed by atoms with E-state index in [1.165, 1.54) is 52.0 Å². The molecular weight excluding hydrogens is 512 g/mol. The highest BCUT2D eigenvalue weighted by molar-refractivity contribution is 7.89. The molecule has 0 aliphatic rings. The van der Waals surface area contributed by atoms with Gasteiger partial charge in [0.1, 0.15) is 0 Å². The van der Waals surface area contributed by atoms with Gasteiger partial charge in [0.25, 0.3) is 11.6 Å². The minimum absolute atomic E-state index is 0.0274. The van der Waals surface area contributed by atoms with E-state index >= 15 is 0 Å². The third-order valence-corrected chi connectivity index (χ3v) is 8.79. The van der Waals surface area contributed by atoms with Crippen molar-refractivity contribution < 1.29 is 18.1 Å². The van der Waals surface area contributed by atoms with E-state index in [2.05, 4.69) is 4.99 Å². The van der Waals surface area contributed by atoms with Gasteiger partial charge in [-0.25, -0.2) is 8.42 Å². The fourth-order valence-corrected chi connectivity index (χ4v) is 6.45. The SMILES string of the molecule is CCCn1c(=NC(=O)c2ccc(S(=O)(=O)N(CC)Cc3ccccc3)cc2)sc2cc([N+](=O)[O-])ccc21. The Morgan fingerprint density at radius 3 is 2.38 bits per heavy atom. The molecule has 0 bridgehead atoms. The quantitative estimate of drug-likeness (QED) is 0.220. The van der Waals surface area contributed by atoms with Gasteiger partial charge in [0, 0.05) is 37.3 Å². The first-order valence-electron chi connectivity index (χ1n) is 11.8. The number of benzene rings is 3. The highest BCUT2D eigenvalue weighted by Crippen LogP contribution is 2.24. The molecule has 3 aromatic carbocycles. The van der Waals surface area contributed by atoms with Gasteiger partial charge in [0.2, 0.25) is 10.0 Å². The lowest BCUT2D eigenvalue weighted by Gasteiger charge is -2.20. The molecular formula is C26H26N4O5S2. The lowest BCUT2D eigenvalue weighted by molar-refractivity contribution is -0.384. The van der Waals surface area contributed by atoms with Crippen LogP contribution in [0.15, 0.2) is 82.7 Å². The van der Waals surface area contributed by atoms with Crippen LogP contribution in [0.2, 0.25) is 0 Å². The molecule has 0 spiro atoms. The number of aromatic nitrogens is 1. The van der Waals surface area contributed by atoms with Crippen molar-refractivity contribution in [2.45, 2.75) is 38.3 Å². The predicted molar refractivity (Wildman–Crippen MR) is 143 cm³/mol. The number of nitro groups is 1. The van der Waals surface area contributed by atoms with Crippen molar-refractivity contribution in [3.63, 3.8) is 0 Å². The summed E-state index contributed by atoms with van der Waals surface area (Å²) in [7, 11) is -3.76. The third kappa shape index (κ3) is 5.68. The lowest BCUT2D eigenvalue weighted by Crippen LogP contribution is -2.30. The summed E-state index contributed by atoms with van der Waals surface area (Å²) >= 11 is 1.20. The van der Waals surface area contributed by atoms with E-state index in [1.807, 2.05) is 41.8 Å². The van der Waals surface area contributed by atoms with Gasteiger partial charge in [-0.2, -0.15) is 9.30 Å². The monoisotopic (exact) mass is 538 g/mol. The molecule has 4 aromatic rings. The zero-order valence-electron chi connectivity index (χ0n) is 20.4. The van der Waals surface area contributed by atoms with E-state index in [0.717, 1.165) is 17.5 Å². The van der Waals surface area contributed by atoms with Crippen LogP contribution in [0.25, 0.3) is 10.2 Å². The second kappa shape index (κ2) is 11.2. The average molecular weight is 539 g/mol. The van der Waals surface area contributed by atoms with Gasteiger partial charge in [0.15, 0.2) is 4.80 Å². The standard InChI is InChI=1S/C26H26N4O5S2/c1-3-16-29-23-15-12-21(30(32)33)17-24(23)36-26(29)27-25(31)20-10-13-22(14-11-20)37(34,35)28(4-2)18-19-8-6-5-7-9-19/h5-15,17H,3-4,16,18H2,1-2H3. The van der Waals surface area contributed by atoms with Crippen LogP contribution in [-0.2, 0) is 23.1 Å². The number of thiazole rings is 1. The number of nitrogens with zero attached hydrogens (tertiary/aromatic N) is 4. The van der Waals surface area contributed by atoms with E-state index in [0.29, 0.717) is 22.6 Å². The number of hydrogen-bond acceptors (Lipinski definition) is 6. The summed E-state index contributed by atoms with van der Waals surface area (Å²) in [5, 5.41) is 11.2. The largest absolute Gasteiger partial charge is 0.316 e. The van der Waals surface area contributed by atoms with E-state index in [9.17, 15) is 23.3 Å². The Kier molecular flexibility index (Phi) is 7.96. The molecule has 0 aliphatic carbocycles. The molecule has 0 atom stereocenters. The Hall–Kier alpha value is -3.67. The Morgan fingerprint density at radius 1 is 1.05 bits per heavy atom. The Morgan fingerprint density at radius 2 is 1.76 bits per heavy atom. The predicted octanol–water partition coefficient (Wildman–Crippen LogP) is 4.97. The van der Waals surface area contributed by atoms with Crippen molar-refractivity contribution in [3.05, 3.63) is 98.8 Å². The maximum Gasteiger partial charge on any atom is 0.279 e. The molecule has 1 amide bonds. The van der Waals surface area contributed by atoms with Crippen molar-refractivity contribution in [1.82, 2.24) is 8.87 Å². The number of fused-ring (bicyclic) bond motifs is 1. The van der Waals surface area contributed by atoms with Crippen LogP contribution in [-0.4, -0.2) is 34.7 Å². The van der Waals surface area contributed by atoms with Crippen LogP contribution in [0.5, 0.6) is 0 Å². The zero-order valence-corrected chi connectivity index (χ0v) is 22.0. The molecule has 0 saturated carbocycles. The van der Waals surface area contributed by atoms with E-state index < -0.39 is 20.9 Å². The van der Waals surface area contributed by atoms with Crippen molar-refractivity contribution in [1.29, 1.82) is 0 Å². The highest BCUT2D eigenvalue weighted by atomic mass is 32.2. The summed E-state index contributed by atoms with van der Waals surface area (Å²) in [6.07, 6.45) is 0.785. The minimum Gasteiger partial charge on any atom is -0.316 e. The Bertz CT molecular complexity index is 1610. The fraction of sp³-hybridized carbons (Fsp3) is 0.231. The summed E-state index contributed by atoms with van der Waals surface area (Å²) in [6.45, 7) is 4.91. The van der Waals surface area contributed by atoms with Gasteiger partial charge in [0.05, 0.1) is 20.0 Å². The van der Waals surface area contributed by atoms with Gasteiger partial charge in [-0.15, -0.1) is 0 Å². The molecule has 9 nitrogen and oxygen atoms in total. The molecule has 1 heterocycles. The first-order valence-corrected chi connectivity index (χ1v) is 14.0. The van der Waals surface area contributed by atoms with E-state index in [1.54, 1.807) is 13.0 Å². The number of amides is 1. The molecule has 37 heavy (non-hydrogen) atoms. The molecule has 192 valence electrons. The minimum atomic E-state index is -3.76. The summed E-state index contributed by atoms with van der Waals surface area (Å²) in [6, 6.07) is 19.7. The third-order valence-electron chi connectivity index (χ3n) is 5.82. The van der Waals surface area contributed by atoms with Crippen molar-refractivity contribution >= 4 is 43.2 Å². The van der Waals surface area contributed by atoms with E-state index in [4.69, 9.17) is 0 Å². The maximum absolute atomic E-state index is 13.2. The molecule has 0 fully saturated rings. The number of sulfonamides is 1. The van der Waals surface area contributed by atoms with Gasteiger partial charge < -0.3 is 4.57 Å². The second-order valence-corrected chi connectivity index (χ2v) is 11.3. The van der Waals surface area contributed by atoms with Gasteiger partial charge in [-0.05, 0) is 42.3 Å². The number of carbonyl (C=O) groups excluding carboxylic acids is 1. The summed E-state index contributed by atoms with van der Waals surface area (Å²) in [4.78, 5) is 28.5. The first kappa shape index (κ1) is 26.4. The normalized spacial score (nSPS) is 12.4. The Balaban J connectivity index is 1.63. The fourth-order valence-electron chi connectivity index (χ4n) is 3.92. The molecule has 0 saturated heterocycles. The van der Waals surface area contributed by atoms with Crippen molar-refractivity contribution in [3.8, 4) is 0 Å². The molecule has 0 N–H and O–H groups in total. The average Bonchev–Trinajstić information content (AvgIpc) is 3.24. The molecule has 0 unspecified atom stereocenters. The summed E-state index contributed by atoms with van der Waals surface area (Å²) < 4.78 is 30.3. The van der Waals surface area contributed by atoms with Crippen molar-refractivity contribution in [2.75, 3.05) is 6.54 Å². The van der Waals surface area contributed by atoms with Crippen molar-refractivity contribution in [2.24, 2.45) is 4.99 Å². The van der Waals surface area contributed by atoms with Gasteiger partial charge in [-0.3, -0.25) is 14.9 Å². The summed E-state index contributed by atoms with van der Waals surface area (Å²) in [5.41, 5.74) is 1.87. The Labute approximate surface area is 218 Å². The number of carbonyl (C=O) groups is 1. The number of aryl methyl sites for hydroxylation is 1. The lowest BCUT2D eigenvalue weighted by atomic mass is 10.2. The van der Waals surface area contributed by atoms with Gasteiger partial charge >= 0.3 is 0 Å². The van der Waals surface area contributed by atoms with E-state index in [-0.39, 0.29) is 22.7 Å². The maximum atomic E-state index is 13.2. The topological polar surface area (TPSA) is 115 Å². The highest BCUT2D eigenvalue weighted by Gasteiger charge is 2.23. The van der Waals surface area contributed by atoms with Crippen LogP contribution in [0.1, 0.15) is 36.2 Å². The number of nitro benzene ring substituents is 1. The van der Waals surface area contributed by atoms with Crippen LogP contribution >= 0.6 is 11.3 Å².